The summed E-state index contributed by atoms with van der Waals surface area (Å²) in [6.45, 7) is 5.03. The fourth-order valence-electron chi connectivity index (χ4n) is 3.42. The van der Waals surface area contributed by atoms with E-state index in [0.29, 0.717) is 30.3 Å². The molecule has 2 fully saturated rings. The minimum Gasteiger partial charge on any atom is -0.494 e. The molecule has 1 amide bonds. The average Bonchev–Trinajstić information content (AvgIpc) is 2.54. The van der Waals surface area contributed by atoms with Gasteiger partial charge in [-0.05, 0) is 57.1 Å². The number of carbonyl (C=O) groups excluding carboxylic acids is 1. The van der Waals surface area contributed by atoms with Crippen LogP contribution >= 0.6 is 0 Å². The van der Waals surface area contributed by atoms with E-state index in [0.717, 1.165) is 25.9 Å². The number of primary amides is 1. The molecular weight excluding hydrogens is 342 g/mol. The summed E-state index contributed by atoms with van der Waals surface area (Å²) >= 11 is 0. The molecule has 0 aliphatic carbocycles. The molecule has 0 saturated carbocycles. The number of sulfonamides is 1. The Bertz CT molecular complexity index is 706. The summed E-state index contributed by atoms with van der Waals surface area (Å²) in [6, 6.07) is 6.77. The second kappa shape index (κ2) is 7.31. The van der Waals surface area contributed by atoms with Gasteiger partial charge < -0.3 is 10.5 Å². The average molecular weight is 367 g/mol. The van der Waals surface area contributed by atoms with E-state index in [-0.39, 0.29) is 17.9 Å². The maximum Gasteiger partial charge on any atom is 0.243 e. The molecule has 0 spiro atoms. The SMILES string of the molecule is CCOc1ccc(S(=O)(=O)N2CC(N3CCC(C(N)=O)CC3)C2)cc1. The normalized spacial score (nSPS) is 21.0. The molecule has 138 valence electrons. The highest BCUT2D eigenvalue weighted by atomic mass is 32.2. The number of hydrogen-bond acceptors (Lipinski definition) is 5. The van der Waals surface area contributed by atoms with E-state index in [2.05, 4.69) is 4.90 Å². The molecule has 0 aromatic heterocycles. The Kier molecular flexibility index (Phi) is 5.31. The van der Waals surface area contributed by atoms with Gasteiger partial charge in [0.05, 0.1) is 11.5 Å². The quantitative estimate of drug-likeness (QED) is 0.797. The van der Waals surface area contributed by atoms with Crippen molar-refractivity contribution in [3.05, 3.63) is 24.3 Å². The van der Waals surface area contributed by atoms with Gasteiger partial charge in [-0.3, -0.25) is 9.69 Å². The van der Waals surface area contributed by atoms with Crippen LogP contribution in [0.2, 0.25) is 0 Å². The number of nitrogens with two attached hydrogens (primary N) is 1. The third-order valence-corrected chi connectivity index (χ3v) is 6.90. The number of nitrogens with zero attached hydrogens (tertiary/aromatic N) is 2. The maximum atomic E-state index is 12.7. The number of piperidine rings is 1. The lowest BCUT2D eigenvalue weighted by atomic mass is 9.94. The van der Waals surface area contributed by atoms with Crippen LogP contribution in [0.15, 0.2) is 29.2 Å². The van der Waals surface area contributed by atoms with E-state index < -0.39 is 10.0 Å². The maximum absolute atomic E-state index is 12.7. The molecule has 2 aliphatic rings. The fraction of sp³-hybridized carbons (Fsp3) is 0.588. The van der Waals surface area contributed by atoms with Crippen molar-refractivity contribution in [2.75, 3.05) is 32.8 Å². The van der Waals surface area contributed by atoms with Crippen LogP contribution < -0.4 is 10.5 Å². The standard InChI is InChI=1S/C17H25N3O4S/c1-2-24-15-3-5-16(6-4-15)25(22,23)20-11-14(12-20)19-9-7-13(8-10-19)17(18)21/h3-6,13-14H,2,7-12H2,1H3,(H2,18,21). The minimum absolute atomic E-state index is 0.0417. The Morgan fingerprint density at radius 2 is 1.80 bits per heavy atom. The second-order valence-corrected chi connectivity index (χ2v) is 8.53. The number of amides is 1. The molecule has 1 aromatic rings. The van der Waals surface area contributed by atoms with Gasteiger partial charge in [0.1, 0.15) is 5.75 Å². The van der Waals surface area contributed by atoms with Crippen LogP contribution in [0.25, 0.3) is 0 Å². The molecule has 0 bridgehead atoms. The molecule has 25 heavy (non-hydrogen) atoms. The predicted octanol–water partition coefficient (Wildman–Crippen LogP) is 0.656. The molecule has 2 N–H and O–H groups in total. The highest BCUT2D eigenvalue weighted by molar-refractivity contribution is 7.89. The first kappa shape index (κ1) is 18.2. The topological polar surface area (TPSA) is 92.9 Å². The first-order valence-corrected chi connectivity index (χ1v) is 10.1. The van der Waals surface area contributed by atoms with Crippen LogP contribution in [-0.2, 0) is 14.8 Å². The van der Waals surface area contributed by atoms with Gasteiger partial charge in [-0.1, -0.05) is 0 Å². The van der Waals surface area contributed by atoms with Gasteiger partial charge in [0.25, 0.3) is 0 Å². The van der Waals surface area contributed by atoms with Crippen molar-refractivity contribution in [2.45, 2.75) is 30.7 Å². The summed E-state index contributed by atoms with van der Waals surface area (Å²) in [5.41, 5.74) is 5.35. The summed E-state index contributed by atoms with van der Waals surface area (Å²) in [5, 5.41) is 0. The Labute approximate surface area is 148 Å². The van der Waals surface area contributed by atoms with Crippen LogP contribution in [0.1, 0.15) is 19.8 Å². The Morgan fingerprint density at radius 1 is 1.20 bits per heavy atom. The van der Waals surface area contributed by atoms with Gasteiger partial charge >= 0.3 is 0 Å². The molecule has 1 aromatic carbocycles. The van der Waals surface area contributed by atoms with Crippen molar-refractivity contribution in [1.82, 2.24) is 9.21 Å². The van der Waals surface area contributed by atoms with Crippen LogP contribution in [0.3, 0.4) is 0 Å². The number of hydrogen-bond donors (Lipinski definition) is 1. The monoisotopic (exact) mass is 367 g/mol. The lowest BCUT2D eigenvalue weighted by Gasteiger charge is -2.46. The van der Waals surface area contributed by atoms with Crippen molar-refractivity contribution < 1.29 is 17.9 Å². The van der Waals surface area contributed by atoms with Gasteiger partial charge in [0.15, 0.2) is 0 Å². The number of likely N-dealkylation sites (tertiary alicyclic amines) is 1. The summed E-state index contributed by atoms with van der Waals surface area (Å²) in [7, 11) is -3.45. The first-order valence-electron chi connectivity index (χ1n) is 8.68. The Morgan fingerprint density at radius 3 is 2.32 bits per heavy atom. The van der Waals surface area contributed by atoms with E-state index in [1.807, 2.05) is 6.92 Å². The molecule has 8 heteroatoms. The molecule has 0 radical (unpaired) electrons. The molecule has 2 heterocycles. The number of ether oxygens (including phenoxy) is 1. The van der Waals surface area contributed by atoms with Crippen LogP contribution in [-0.4, -0.2) is 62.4 Å². The van der Waals surface area contributed by atoms with E-state index in [4.69, 9.17) is 10.5 Å². The highest BCUT2D eigenvalue weighted by Gasteiger charge is 2.40. The lowest BCUT2D eigenvalue weighted by molar-refractivity contribution is -0.123. The fourth-order valence-corrected chi connectivity index (χ4v) is 4.93. The van der Waals surface area contributed by atoms with Crippen molar-refractivity contribution in [3.63, 3.8) is 0 Å². The second-order valence-electron chi connectivity index (χ2n) is 6.59. The van der Waals surface area contributed by atoms with E-state index in [1.54, 1.807) is 24.3 Å². The molecule has 2 aliphatic heterocycles. The first-order chi connectivity index (χ1) is 11.9. The molecule has 0 atom stereocenters. The number of benzene rings is 1. The van der Waals surface area contributed by atoms with E-state index in [1.165, 1.54) is 4.31 Å². The highest BCUT2D eigenvalue weighted by Crippen LogP contribution is 2.28. The van der Waals surface area contributed by atoms with E-state index >= 15 is 0 Å². The predicted molar refractivity (Wildman–Crippen MR) is 93.6 cm³/mol. The van der Waals surface area contributed by atoms with Crippen molar-refractivity contribution in [2.24, 2.45) is 11.7 Å². The third kappa shape index (κ3) is 3.80. The minimum atomic E-state index is -3.45. The summed E-state index contributed by atoms with van der Waals surface area (Å²) in [6.07, 6.45) is 1.52. The Balaban J connectivity index is 1.55. The van der Waals surface area contributed by atoms with Crippen LogP contribution in [0.4, 0.5) is 0 Å². The van der Waals surface area contributed by atoms with Gasteiger partial charge in [0.2, 0.25) is 15.9 Å². The lowest BCUT2D eigenvalue weighted by Crippen LogP contribution is -2.62. The van der Waals surface area contributed by atoms with Gasteiger partial charge in [-0.2, -0.15) is 4.31 Å². The van der Waals surface area contributed by atoms with Crippen molar-refractivity contribution in [1.29, 1.82) is 0 Å². The van der Waals surface area contributed by atoms with Crippen molar-refractivity contribution >= 4 is 15.9 Å². The number of carbonyl (C=O) groups is 1. The zero-order valence-electron chi connectivity index (χ0n) is 14.4. The number of rotatable bonds is 6. The summed E-state index contributed by atoms with van der Waals surface area (Å²) in [5.74, 6) is 0.397. The van der Waals surface area contributed by atoms with Gasteiger partial charge in [-0.25, -0.2) is 8.42 Å². The van der Waals surface area contributed by atoms with E-state index in [9.17, 15) is 13.2 Å². The van der Waals surface area contributed by atoms with Crippen molar-refractivity contribution in [3.8, 4) is 5.75 Å². The zero-order valence-corrected chi connectivity index (χ0v) is 15.2. The molecule has 3 rings (SSSR count). The molecular formula is C17H25N3O4S. The summed E-state index contributed by atoms with van der Waals surface area (Å²) in [4.78, 5) is 13.8. The third-order valence-electron chi connectivity index (χ3n) is 5.05. The van der Waals surface area contributed by atoms with Crippen LogP contribution in [0.5, 0.6) is 5.75 Å². The zero-order chi connectivity index (χ0) is 18.0. The summed E-state index contributed by atoms with van der Waals surface area (Å²) < 4.78 is 32.2. The molecule has 2 saturated heterocycles. The Hall–Kier alpha value is -1.64. The van der Waals surface area contributed by atoms with Crippen LogP contribution in [0, 0.1) is 5.92 Å². The smallest absolute Gasteiger partial charge is 0.243 e. The molecule has 0 unspecified atom stereocenters. The largest absolute Gasteiger partial charge is 0.494 e. The van der Waals surface area contributed by atoms with Gasteiger partial charge in [-0.15, -0.1) is 0 Å². The molecule has 7 nitrogen and oxygen atoms in total. The van der Waals surface area contributed by atoms with Gasteiger partial charge in [0, 0.05) is 25.0 Å².